The van der Waals surface area contributed by atoms with E-state index in [1.165, 1.54) is 0 Å². The average Bonchev–Trinajstić information content (AvgIpc) is 2.45. The van der Waals surface area contributed by atoms with Crippen LogP contribution in [0, 0.1) is 0 Å². The van der Waals surface area contributed by atoms with Crippen LogP contribution in [0.4, 0.5) is 0 Å². The fourth-order valence-electron chi connectivity index (χ4n) is 1.91. The summed E-state index contributed by atoms with van der Waals surface area (Å²) in [4.78, 5) is 0. The second-order valence-electron chi connectivity index (χ2n) is 4.47. The van der Waals surface area contributed by atoms with E-state index in [2.05, 4.69) is 0 Å². The summed E-state index contributed by atoms with van der Waals surface area (Å²) in [6.45, 7) is 2.45. The van der Waals surface area contributed by atoms with Crippen molar-refractivity contribution < 1.29 is 9.47 Å². The maximum atomic E-state index is 5.93. The topological polar surface area (TPSA) is 44.5 Å². The van der Waals surface area contributed by atoms with E-state index in [0.29, 0.717) is 6.61 Å². The van der Waals surface area contributed by atoms with Gasteiger partial charge in [0.25, 0.3) is 0 Å². The molecule has 3 nitrogen and oxygen atoms in total. The Bertz CT molecular complexity index is 538. The van der Waals surface area contributed by atoms with Crippen molar-refractivity contribution in [2.45, 2.75) is 19.6 Å². The first-order valence-electron chi connectivity index (χ1n) is 6.31. The van der Waals surface area contributed by atoms with Crippen LogP contribution in [-0.4, -0.2) is 7.11 Å². The monoisotopic (exact) mass is 257 g/mol. The van der Waals surface area contributed by atoms with Crippen molar-refractivity contribution in [2.75, 3.05) is 7.11 Å². The molecule has 0 aliphatic carbocycles. The molecule has 0 heterocycles. The third-order valence-electron chi connectivity index (χ3n) is 2.94. The predicted molar refractivity (Wildman–Crippen MR) is 76.4 cm³/mol. The van der Waals surface area contributed by atoms with E-state index in [0.717, 1.165) is 22.6 Å². The molecule has 0 aliphatic heterocycles. The zero-order valence-electron chi connectivity index (χ0n) is 11.3. The molecule has 100 valence electrons. The summed E-state index contributed by atoms with van der Waals surface area (Å²) in [6.07, 6.45) is 0. The van der Waals surface area contributed by atoms with E-state index in [1.54, 1.807) is 7.11 Å². The van der Waals surface area contributed by atoms with Crippen molar-refractivity contribution in [3.63, 3.8) is 0 Å². The molecule has 2 aromatic rings. The van der Waals surface area contributed by atoms with E-state index in [-0.39, 0.29) is 6.04 Å². The number of rotatable bonds is 5. The zero-order valence-corrected chi connectivity index (χ0v) is 11.3. The molecular weight excluding hydrogens is 238 g/mol. The van der Waals surface area contributed by atoms with Crippen LogP contribution in [-0.2, 0) is 6.61 Å². The van der Waals surface area contributed by atoms with E-state index >= 15 is 0 Å². The smallest absolute Gasteiger partial charge is 0.124 e. The molecule has 0 aromatic heterocycles. The number of para-hydroxylation sites is 1. The van der Waals surface area contributed by atoms with Crippen LogP contribution >= 0.6 is 0 Å². The van der Waals surface area contributed by atoms with Gasteiger partial charge in [0.1, 0.15) is 18.1 Å². The van der Waals surface area contributed by atoms with Crippen LogP contribution in [0.5, 0.6) is 11.5 Å². The van der Waals surface area contributed by atoms with Crippen LogP contribution in [0.2, 0.25) is 0 Å². The summed E-state index contributed by atoms with van der Waals surface area (Å²) >= 11 is 0. The van der Waals surface area contributed by atoms with Gasteiger partial charge in [-0.15, -0.1) is 0 Å². The Morgan fingerprint density at radius 1 is 1.11 bits per heavy atom. The molecular formula is C16H19NO2. The summed E-state index contributed by atoms with van der Waals surface area (Å²) in [7, 11) is 1.66. The summed E-state index contributed by atoms with van der Waals surface area (Å²) in [5.41, 5.74) is 8.02. The number of hydrogen-bond acceptors (Lipinski definition) is 3. The van der Waals surface area contributed by atoms with Gasteiger partial charge in [0.05, 0.1) is 7.11 Å². The maximum absolute atomic E-state index is 5.93. The number of methoxy groups -OCH3 is 1. The standard InChI is InChI=1S/C16H19NO2/c1-12(17)15-8-3-4-9-16(15)19-11-13-6-5-7-14(10-13)18-2/h3-10,12H,11,17H2,1-2H3/t12-/m1/s1. The van der Waals surface area contributed by atoms with E-state index in [4.69, 9.17) is 15.2 Å². The molecule has 3 heteroatoms. The minimum Gasteiger partial charge on any atom is -0.497 e. The number of ether oxygens (including phenoxy) is 2. The minimum absolute atomic E-state index is 0.0403. The van der Waals surface area contributed by atoms with Crippen molar-refractivity contribution in [1.82, 2.24) is 0 Å². The molecule has 19 heavy (non-hydrogen) atoms. The highest BCUT2D eigenvalue weighted by Crippen LogP contribution is 2.24. The zero-order chi connectivity index (χ0) is 13.7. The van der Waals surface area contributed by atoms with Crippen molar-refractivity contribution in [2.24, 2.45) is 5.73 Å². The van der Waals surface area contributed by atoms with E-state index in [1.807, 2.05) is 55.5 Å². The first-order chi connectivity index (χ1) is 9.20. The Hall–Kier alpha value is -2.00. The van der Waals surface area contributed by atoms with E-state index in [9.17, 15) is 0 Å². The first-order valence-corrected chi connectivity index (χ1v) is 6.31. The van der Waals surface area contributed by atoms with Crippen molar-refractivity contribution in [3.05, 3.63) is 59.7 Å². The molecule has 0 aliphatic rings. The van der Waals surface area contributed by atoms with Gasteiger partial charge in [-0.05, 0) is 30.7 Å². The minimum atomic E-state index is -0.0403. The Labute approximate surface area is 114 Å². The van der Waals surface area contributed by atoms with Crippen molar-refractivity contribution in [3.8, 4) is 11.5 Å². The van der Waals surface area contributed by atoms with Gasteiger partial charge in [0, 0.05) is 11.6 Å². The first kappa shape index (κ1) is 13.4. The van der Waals surface area contributed by atoms with Gasteiger partial charge in [-0.2, -0.15) is 0 Å². The summed E-state index contributed by atoms with van der Waals surface area (Å²) in [6, 6.07) is 15.7. The van der Waals surface area contributed by atoms with Gasteiger partial charge in [-0.3, -0.25) is 0 Å². The maximum Gasteiger partial charge on any atom is 0.124 e. The highest BCUT2D eigenvalue weighted by atomic mass is 16.5. The van der Waals surface area contributed by atoms with Crippen molar-refractivity contribution >= 4 is 0 Å². The average molecular weight is 257 g/mol. The second kappa shape index (κ2) is 6.25. The largest absolute Gasteiger partial charge is 0.497 e. The fourth-order valence-corrected chi connectivity index (χ4v) is 1.91. The Balaban J connectivity index is 2.10. The molecule has 0 saturated carbocycles. The Kier molecular flexibility index (Phi) is 4.42. The Morgan fingerprint density at radius 2 is 1.89 bits per heavy atom. The van der Waals surface area contributed by atoms with Gasteiger partial charge >= 0.3 is 0 Å². The Morgan fingerprint density at radius 3 is 2.63 bits per heavy atom. The fraction of sp³-hybridized carbons (Fsp3) is 0.250. The third-order valence-corrected chi connectivity index (χ3v) is 2.94. The van der Waals surface area contributed by atoms with Crippen LogP contribution in [0.3, 0.4) is 0 Å². The third kappa shape index (κ3) is 3.48. The van der Waals surface area contributed by atoms with Gasteiger partial charge < -0.3 is 15.2 Å². The number of nitrogens with two attached hydrogens (primary N) is 1. The lowest BCUT2D eigenvalue weighted by Crippen LogP contribution is -2.08. The highest BCUT2D eigenvalue weighted by molar-refractivity contribution is 5.36. The molecule has 0 spiro atoms. The van der Waals surface area contributed by atoms with Crippen LogP contribution < -0.4 is 15.2 Å². The lowest BCUT2D eigenvalue weighted by atomic mass is 10.1. The number of hydrogen-bond donors (Lipinski definition) is 1. The SMILES string of the molecule is COc1cccc(COc2ccccc2[C@@H](C)N)c1. The lowest BCUT2D eigenvalue weighted by Gasteiger charge is -2.14. The summed E-state index contributed by atoms with van der Waals surface area (Å²) in [5, 5.41) is 0. The molecule has 0 amide bonds. The van der Waals surface area contributed by atoms with Gasteiger partial charge in [-0.1, -0.05) is 30.3 Å². The second-order valence-corrected chi connectivity index (χ2v) is 4.47. The number of benzene rings is 2. The van der Waals surface area contributed by atoms with Gasteiger partial charge in [0.2, 0.25) is 0 Å². The summed E-state index contributed by atoms with van der Waals surface area (Å²) in [5.74, 6) is 1.67. The van der Waals surface area contributed by atoms with Gasteiger partial charge in [0.15, 0.2) is 0 Å². The molecule has 2 N–H and O–H groups in total. The molecule has 2 aromatic carbocycles. The predicted octanol–water partition coefficient (Wildman–Crippen LogP) is 3.29. The molecule has 0 fully saturated rings. The van der Waals surface area contributed by atoms with Gasteiger partial charge in [-0.25, -0.2) is 0 Å². The molecule has 2 rings (SSSR count). The molecule has 1 atom stereocenters. The summed E-state index contributed by atoms with van der Waals surface area (Å²) < 4.78 is 11.0. The van der Waals surface area contributed by atoms with Crippen LogP contribution in [0.15, 0.2) is 48.5 Å². The highest BCUT2D eigenvalue weighted by Gasteiger charge is 2.07. The van der Waals surface area contributed by atoms with Crippen LogP contribution in [0.25, 0.3) is 0 Å². The van der Waals surface area contributed by atoms with Crippen LogP contribution in [0.1, 0.15) is 24.1 Å². The van der Waals surface area contributed by atoms with Crippen molar-refractivity contribution in [1.29, 1.82) is 0 Å². The normalized spacial score (nSPS) is 11.9. The molecule has 0 bridgehead atoms. The quantitative estimate of drug-likeness (QED) is 0.893. The van der Waals surface area contributed by atoms with E-state index < -0.39 is 0 Å². The molecule has 0 unspecified atom stereocenters. The lowest BCUT2D eigenvalue weighted by molar-refractivity contribution is 0.300. The molecule has 0 radical (unpaired) electrons. The molecule has 0 saturated heterocycles.